The van der Waals surface area contributed by atoms with Crippen LogP contribution in [0.5, 0.6) is 11.5 Å². The van der Waals surface area contributed by atoms with Crippen molar-refractivity contribution in [3.8, 4) is 11.5 Å². The number of carbonyl (C=O) groups excluding carboxylic acids is 2. The van der Waals surface area contributed by atoms with Gasteiger partial charge in [-0.3, -0.25) is 4.79 Å². The van der Waals surface area contributed by atoms with Crippen LogP contribution in [0.1, 0.15) is 30.1 Å². The average Bonchev–Trinajstić information content (AvgIpc) is 2.67. The maximum Gasteiger partial charge on any atom is 0.338 e. The van der Waals surface area contributed by atoms with Crippen molar-refractivity contribution in [3.63, 3.8) is 0 Å². The predicted octanol–water partition coefficient (Wildman–Crippen LogP) is 3.42. The molecule has 2 aromatic carbocycles. The average molecular weight is 355 g/mol. The molecular weight excluding hydrogens is 334 g/mol. The molecule has 1 atom stereocenters. The smallest absolute Gasteiger partial charge is 0.338 e. The Morgan fingerprint density at radius 3 is 2.58 bits per heavy atom. The monoisotopic (exact) mass is 355 g/mol. The topological polar surface area (TPSA) is 73.9 Å². The molecule has 0 spiro atoms. The summed E-state index contributed by atoms with van der Waals surface area (Å²) in [6.07, 6.45) is 0.721. The first kappa shape index (κ1) is 17.8. The van der Waals surface area contributed by atoms with Gasteiger partial charge >= 0.3 is 5.97 Å². The standard InChI is InChI=1S/C20H21NO5/c1-2-24-20(23)14-7-9-15(10-8-14)21-19(22)12-11-16-13-25-17-5-3-4-6-18(17)26-16/h3-10,16H,2,11-13H2,1H3,(H,21,22)/t16-/m0/s1. The molecule has 0 saturated heterocycles. The Hall–Kier alpha value is -3.02. The second kappa shape index (κ2) is 8.38. The van der Waals surface area contributed by atoms with Crippen LogP contribution in [0.15, 0.2) is 48.5 Å². The van der Waals surface area contributed by atoms with E-state index in [2.05, 4.69) is 5.32 Å². The third-order valence-electron chi connectivity index (χ3n) is 3.94. The van der Waals surface area contributed by atoms with Gasteiger partial charge in [0.2, 0.25) is 5.91 Å². The van der Waals surface area contributed by atoms with Crippen molar-refractivity contribution in [2.75, 3.05) is 18.5 Å². The number of anilines is 1. The lowest BCUT2D eigenvalue weighted by atomic mass is 10.1. The Balaban J connectivity index is 1.47. The molecule has 0 aliphatic carbocycles. The quantitative estimate of drug-likeness (QED) is 0.804. The highest BCUT2D eigenvalue weighted by atomic mass is 16.6. The maximum absolute atomic E-state index is 12.1. The number of amides is 1. The molecule has 0 bridgehead atoms. The van der Waals surface area contributed by atoms with Gasteiger partial charge in [-0.25, -0.2) is 4.79 Å². The van der Waals surface area contributed by atoms with E-state index in [9.17, 15) is 9.59 Å². The normalized spacial score (nSPS) is 15.2. The molecule has 0 unspecified atom stereocenters. The number of fused-ring (bicyclic) bond motifs is 1. The summed E-state index contributed by atoms with van der Waals surface area (Å²) in [5, 5.41) is 2.81. The molecule has 6 heteroatoms. The highest BCUT2D eigenvalue weighted by Gasteiger charge is 2.21. The Morgan fingerprint density at radius 1 is 1.12 bits per heavy atom. The minimum atomic E-state index is -0.375. The summed E-state index contributed by atoms with van der Waals surface area (Å²) in [6.45, 7) is 2.51. The number of para-hydroxylation sites is 2. The van der Waals surface area contributed by atoms with Gasteiger partial charge in [-0.05, 0) is 49.7 Å². The molecule has 0 aromatic heterocycles. The van der Waals surface area contributed by atoms with E-state index in [1.807, 2.05) is 24.3 Å². The summed E-state index contributed by atoms with van der Waals surface area (Å²) in [4.78, 5) is 23.7. The number of esters is 1. The molecule has 136 valence electrons. The second-order valence-electron chi connectivity index (χ2n) is 5.88. The lowest BCUT2D eigenvalue weighted by Crippen LogP contribution is -2.30. The fraction of sp³-hybridized carbons (Fsp3) is 0.300. The van der Waals surface area contributed by atoms with E-state index in [-0.39, 0.29) is 18.0 Å². The maximum atomic E-state index is 12.1. The molecule has 2 aromatic rings. The van der Waals surface area contributed by atoms with E-state index >= 15 is 0 Å². The van der Waals surface area contributed by atoms with E-state index in [0.29, 0.717) is 43.1 Å². The Bertz CT molecular complexity index is 772. The van der Waals surface area contributed by atoms with Crippen LogP contribution in [-0.2, 0) is 9.53 Å². The number of hydrogen-bond donors (Lipinski definition) is 1. The van der Waals surface area contributed by atoms with Crippen molar-refractivity contribution in [1.29, 1.82) is 0 Å². The summed E-state index contributed by atoms with van der Waals surface area (Å²) < 4.78 is 16.4. The Labute approximate surface area is 152 Å². The van der Waals surface area contributed by atoms with Crippen molar-refractivity contribution in [2.24, 2.45) is 0 Å². The number of benzene rings is 2. The zero-order chi connectivity index (χ0) is 18.4. The summed E-state index contributed by atoms with van der Waals surface area (Å²) in [5.41, 5.74) is 1.09. The number of ether oxygens (including phenoxy) is 3. The summed E-state index contributed by atoms with van der Waals surface area (Å²) in [6, 6.07) is 14.1. The highest BCUT2D eigenvalue weighted by Crippen LogP contribution is 2.31. The van der Waals surface area contributed by atoms with E-state index < -0.39 is 0 Å². The third-order valence-corrected chi connectivity index (χ3v) is 3.94. The summed E-state index contributed by atoms with van der Waals surface area (Å²) in [7, 11) is 0. The minimum absolute atomic E-state index is 0.114. The van der Waals surface area contributed by atoms with Gasteiger partial charge in [0.25, 0.3) is 0 Å². The molecule has 1 aliphatic heterocycles. The van der Waals surface area contributed by atoms with Gasteiger partial charge in [0.05, 0.1) is 12.2 Å². The van der Waals surface area contributed by atoms with Crippen molar-refractivity contribution >= 4 is 17.6 Å². The molecule has 1 heterocycles. The number of rotatable bonds is 6. The van der Waals surface area contributed by atoms with Crippen molar-refractivity contribution in [2.45, 2.75) is 25.9 Å². The van der Waals surface area contributed by atoms with Crippen LogP contribution in [-0.4, -0.2) is 31.2 Å². The van der Waals surface area contributed by atoms with Gasteiger partial charge < -0.3 is 19.5 Å². The first-order chi connectivity index (χ1) is 12.7. The fourth-order valence-corrected chi connectivity index (χ4v) is 2.62. The Kier molecular flexibility index (Phi) is 5.73. The van der Waals surface area contributed by atoms with Gasteiger partial charge in [0.1, 0.15) is 12.7 Å². The van der Waals surface area contributed by atoms with Crippen LogP contribution < -0.4 is 14.8 Å². The first-order valence-electron chi connectivity index (χ1n) is 8.61. The van der Waals surface area contributed by atoms with E-state index in [4.69, 9.17) is 14.2 Å². The van der Waals surface area contributed by atoms with Gasteiger partial charge in [0.15, 0.2) is 11.5 Å². The number of carbonyl (C=O) groups is 2. The van der Waals surface area contributed by atoms with Gasteiger partial charge in [0, 0.05) is 12.1 Å². The van der Waals surface area contributed by atoms with Gasteiger partial charge in [-0.2, -0.15) is 0 Å². The Morgan fingerprint density at radius 2 is 1.85 bits per heavy atom. The molecule has 1 aliphatic rings. The highest BCUT2D eigenvalue weighted by molar-refractivity contribution is 5.93. The molecule has 0 fully saturated rings. The lowest BCUT2D eigenvalue weighted by molar-refractivity contribution is -0.116. The number of nitrogens with one attached hydrogen (secondary N) is 1. The van der Waals surface area contributed by atoms with Gasteiger partial charge in [-0.1, -0.05) is 12.1 Å². The van der Waals surface area contributed by atoms with Gasteiger partial charge in [-0.15, -0.1) is 0 Å². The van der Waals surface area contributed by atoms with Crippen LogP contribution in [0.25, 0.3) is 0 Å². The second-order valence-corrected chi connectivity index (χ2v) is 5.88. The van der Waals surface area contributed by atoms with Crippen LogP contribution in [0.3, 0.4) is 0 Å². The summed E-state index contributed by atoms with van der Waals surface area (Å²) >= 11 is 0. The molecular formula is C20H21NO5. The van der Waals surface area contributed by atoms with Crippen molar-refractivity contribution < 1.29 is 23.8 Å². The lowest BCUT2D eigenvalue weighted by Gasteiger charge is -2.26. The zero-order valence-corrected chi connectivity index (χ0v) is 14.6. The number of hydrogen-bond acceptors (Lipinski definition) is 5. The molecule has 6 nitrogen and oxygen atoms in total. The molecule has 1 N–H and O–H groups in total. The van der Waals surface area contributed by atoms with E-state index in [0.717, 1.165) is 5.75 Å². The fourth-order valence-electron chi connectivity index (χ4n) is 2.62. The molecule has 0 saturated carbocycles. The summed E-state index contributed by atoms with van der Waals surface area (Å²) in [5.74, 6) is 0.949. The largest absolute Gasteiger partial charge is 0.486 e. The predicted molar refractivity (Wildman–Crippen MR) is 96.6 cm³/mol. The van der Waals surface area contributed by atoms with E-state index in [1.54, 1.807) is 31.2 Å². The molecule has 1 amide bonds. The zero-order valence-electron chi connectivity index (χ0n) is 14.6. The van der Waals surface area contributed by atoms with Crippen molar-refractivity contribution in [3.05, 3.63) is 54.1 Å². The van der Waals surface area contributed by atoms with Crippen LogP contribution in [0, 0.1) is 0 Å². The van der Waals surface area contributed by atoms with E-state index in [1.165, 1.54) is 0 Å². The molecule has 0 radical (unpaired) electrons. The van der Waals surface area contributed by atoms with Crippen LogP contribution >= 0.6 is 0 Å². The van der Waals surface area contributed by atoms with Crippen LogP contribution in [0.2, 0.25) is 0 Å². The molecule has 26 heavy (non-hydrogen) atoms. The first-order valence-corrected chi connectivity index (χ1v) is 8.61. The minimum Gasteiger partial charge on any atom is -0.486 e. The SMILES string of the molecule is CCOC(=O)c1ccc(NC(=O)CC[C@H]2COc3ccccc3O2)cc1. The third kappa shape index (κ3) is 4.53. The van der Waals surface area contributed by atoms with Crippen molar-refractivity contribution in [1.82, 2.24) is 0 Å². The molecule has 3 rings (SSSR count). The van der Waals surface area contributed by atoms with Crippen LogP contribution in [0.4, 0.5) is 5.69 Å².